The fraction of sp³-hybridized carbons (Fsp3) is 0.200. The standard InChI is InChI=1S/C10H11F3N8/c11-10(12,13)4-21-3-5(2-17-21)18-9-19-7(15)6(1-14)8(16)20-9/h1-3,14H,4H2,(H5,15,16,18,19,20). The number of nitrogens with zero attached hydrogens (tertiary/aromatic N) is 4. The SMILES string of the molecule is N=Cc1c(N)nc(Nc2cnn(CC(F)(F)F)c2)nc1N. The van der Waals surface area contributed by atoms with Gasteiger partial charge in [0.05, 0.1) is 17.4 Å². The molecule has 0 bridgehead atoms. The van der Waals surface area contributed by atoms with Gasteiger partial charge < -0.3 is 22.2 Å². The van der Waals surface area contributed by atoms with Crippen molar-refractivity contribution < 1.29 is 13.2 Å². The van der Waals surface area contributed by atoms with Crippen LogP contribution in [0.25, 0.3) is 0 Å². The highest BCUT2D eigenvalue weighted by molar-refractivity contribution is 5.89. The Labute approximate surface area is 116 Å². The van der Waals surface area contributed by atoms with Crippen LogP contribution in [-0.2, 0) is 6.54 Å². The summed E-state index contributed by atoms with van der Waals surface area (Å²) in [7, 11) is 0. The number of halogens is 3. The van der Waals surface area contributed by atoms with Crippen molar-refractivity contribution in [3.8, 4) is 0 Å². The summed E-state index contributed by atoms with van der Waals surface area (Å²) in [5.74, 6) is -0.0208. The van der Waals surface area contributed by atoms with Crippen molar-refractivity contribution in [1.29, 1.82) is 5.41 Å². The highest BCUT2D eigenvalue weighted by Crippen LogP contribution is 2.21. The molecule has 2 heterocycles. The minimum Gasteiger partial charge on any atom is -0.383 e. The molecule has 2 rings (SSSR count). The van der Waals surface area contributed by atoms with Crippen LogP contribution in [0.4, 0.5) is 36.4 Å². The Morgan fingerprint density at radius 3 is 2.43 bits per heavy atom. The normalized spacial score (nSPS) is 11.4. The van der Waals surface area contributed by atoms with Gasteiger partial charge in [0.2, 0.25) is 5.95 Å². The third-order valence-electron chi connectivity index (χ3n) is 2.38. The van der Waals surface area contributed by atoms with Crippen molar-refractivity contribution in [2.75, 3.05) is 16.8 Å². The predicted molar refractivity (Wildman–Crippen MR) is 70.3 cm³/mol. The third-order valence-corrected chi connectivity index (χ3v) is 2.38. The van der Waals surface area contributed by atoms with Gasteiger partial charge in [0, 0.05) is 12.4 Å². The molecule has 21 heavy (non-hydrogen) atoms. The monoisotopic (exact) mass is 300 g/mol. The van der Waals surface area contributed by atoms with Crippen LogP contribution in [0.1, 0.15) is 5.56 Å². The molecule has 6 N–H and O–H groups in total. The molecular weight excluding hydrogens is 289 g/mol. The molecule has 0 amide bonds. The van der Waals surface area contributed by atoms with E-state index in [9.17, 15) is 13.2 Å². The molecule has 0 aromatic carbocycles. The van der Waals surface area contributed by atoms with Crippen LogP contribution in [0.2, 0.25) is 0 Å². The van der Waals surface area contributed by atoms with Gasteiger partial charge in [-0.1, -0.05) is 0 Å². The summed E-state index contributed by atoms with van der Waals surface area (Å²) in [5, 5.41) is 13.3. The number of nitrogen functional groups attached to an aromatic ring is 2. The zero-order chi connectivity index (χ0) is 15.6. The summed E-state index contributed by atoms with van der Waals surface area (Å²) in [5.41, 5.74) is 11.6. The molecule has 112 valence electrons. The Bertz CT molecular complexity index is 640. The first-order chi connectivity index (χ1) is 9.78. The molecule has 0 aliphatic rings. The van der Waals surface area contributed by atoms with E-state index >= 15 is 0 Å². The fourth-order valence-corrected chi connectivity index (χ4v) is 1.54. The highest BCUT2D eigenvalue weighted by Gasteiger charge is 2.28. The van der Waals surface area contributed by atoms with Crippen molar-refractivity contribution in [1.82, 2.24) is 19.7 Å². The lowest BCUT2D eigenvalue weighted by molar-refractivity contribution is -0.142. The van der Waals surface area contributed by atoms with Gasteiger partial charge in [-0.05, 0) is 0 Å². The van der Waals surface area contributed by atoms with E-state index in [1.54, 1.807) is 0 Å². The number of hydrogen-bond donors (Lipinski definition) is 4. The van der Waals surface area contributed by atoms with Gasteiger partial charge in [0.25, 0.3) is 0 Å². The Hall–Kier alpha value is -2.85. The number of hydrogen-bond acceptors (Lipinski definition) is 7. The number of alkyl halides is 3. The summed E-state index contributed by atoms with van der Waals surface area (Å²) in [4.78, 5) is 7.70. The van der Waals surface area contributed by atoms with Crippen LogP contribution in [-0.4, -0.2) is 32.1 Å². The molecule has 0 radical (unpaired) electrons. The molecule has 2 aromatic rings. The molecule has 0 fully saturated rings. The first-order valence-electron chi connectivity index (χ1n) is 5.58. The van der Waals surface area contributed by atoms with Crippen molar-refractivity contribution in [3.05, 3.63) is 18.0 Å². The summed E-state index contributed by atoms with van der Waals surface area (Å²) in [6.07, 6.45) is -1.12. The van der Waals surface area contributed by atoms with Crippen LogP contribution < -0.4 is 16.8 Å². The number of rotatable bonds is 4. The van der Waals surface area contributed by atoms with E-state index in [0.29, 0.717) is 0 Å². The third kappa shape index (κ3) is 3.58. The number of nitrogens with two attached hydrogens (primary N) is 2. The minimum absolute atomic E-state index is 0.00200. The number of anilines is 4. The summed E-state index contributed by atoms with van der Waals surface area (Å²) >= 11 is 0. The minimum atomic E-state index is -4.36. The average Bonchev–Trinajstić information content (AvgIpc) is 2.73. The summed E-state index contributed by atoms with van der Waals surface area (Å²) in [6.45, 7) is -1.20. The second-order valence-corrected chi connectivity index (χ2v) is 4.04. The Balaban J connectivity index is 2.17. The lowest BCUT2D eigenvalue weighted by Gasteiger charge is -2.07. The highest BCUT2D eigenvalue weighted by atomic mass is 19.4. The fourth-order valence-electron chi connectivity index (χ4n) is 1.54. The zero-order valence-corrected chi connectivity index (χ0v) is 10.5. The Morgan fingerprint density at radius 1 is 1.29 bits per heavy atom. The molecular formula is C10H11F3N8. The Kier molecular flexibility index (Phi) is 3.65. The van der Waals surface area contributed by atoms with Crippen LogP contribution in [0.5, 0.6) is 0 Å². The van der Waals surface area contributed by atoms with Gasteiger partial charge >= 0.3 is 6.18 Å². The molecule has 0 aliphatic heterocycles. The van der Waals surface area contributed by atoms with E-state index < -0.39 is 12.7 Å². The van der Waals surface area contributed by atoms with Gasteiger partial charge in [-0.3, -0.25) is 4.68 Å². The zero-order valence-electron chi connectivity index (χ0n) is 10.5. The summed E-state index contributed by atoms with van der Waals surface area (Å²) < 4.78 is 37.3. The molecule has 0 saturated heterocycles. The first kappa shape index (κ1) is 14.6. The van der Waals surface area contributed by atoms with Gasteiger partial charge in [-0.15, -0.1) is 0 Å². The molecule has 0 spiro atoms. The van der Waals surface area contributed by atoms with Gasteiger partial charge in [0.15, 0.2) is 0 Å². The molecule has 0 aliphatic carbocycles. The number of nitrogens with one attached hydrogen (secondary N) is 2. The van der Waals surface area contributed by atoms with E-state index in [4.69, 9.17) is 16.9 Å². The van der Waals surface area contributed by atoms with Crippen molar-refractivity contribution >= 4 is 29.5 Å². The van der Waals surface area contributed by atoms with Crippen molar-refractivity contribution in [2.45, 2.75) is 12.7 Å². The topological polar surface area (TPSA) is 132 Å². The molecule has 0 saturated carbocycles. The van der Waals surface area contributed by atoms with Crippen molar-refractivity contribution in [2.24, 2.45) is 0 Å². The quantitative estimate of drug-likeness (QED) is 0.626. The number of aromatic nitrogens is 4. The molecule has 0 atom stereocenters. The van der Waals surface area contributed by atoms with E-state index in [0.717, 1.165) is 17.1 Å². The predicted octanol–water partition coefficient (Wildman–Crippen LogP) is 1.14. The average molecular weight is 300 g/mol. The largest absolute Gasteiger partial charge is 0.408 e. The smallest absolute Gasteiger partial charge is 0.383 e. The van der Waals surface area contributed by atoms with Crippen LogP contribution in [0, 0.1) is 5.41 Å². The first-order valence-corrected chi connectivity index (χ1v) is 5.58. The maximum absolute atomic E-state index is 12.2. The molecule has 0 unspecified atom stereocenters. The van der Waals surface area contributed by atoms with E-state index in [1.165, 1.54) is 6.20 Å². The van der Waals surface area contributed by atoms with Gasteiger partial charge in [-0.2, -0.15) is 28.2 Å². The second-order valence-electron chi connectivity index (χ2n) is 4.04. The lowest BCUT2D eigenvalue weighted by atomic mass is 10.3. The summed E-state index contributed by atoms with van der Waals surface area (Å²) in [6, 6.07) is 0. The van der Waals surface area contributed by atoms with E-state index in [1.807, 2.05) is 0 Å². The van der Waals surface area contributed by atoms with Crippen LogP contribution >= 0.6 is 0 Å². The Morgan fingerprint density at radius 2 is 1.90 bits per heavy atom. The van der Waals surface area contributed by atoms with Crippen LogP contribution in [0.3, 0.4) is 0 Å². The second kappa shape index (κ2) is 5.26. The van der Waals surface area contributed by atoms with E-state index in [2.05, 4.69) is 20.4 Å². The van der Waals surface area contributed by atoms with E-state index in [-0.39, 0.29) is 28.8 Å². The van der Waals surface area contributed by atoms with Gasteiger partial charge in [-0.25, -0.2) is 0 Å². The molecule has 2 aromatic heterocycles. The maximum atomic E-state index is 12.2. The van der Waals surface area contributed by atoms with Crippen LogP contribution in [0.15, 0.2) is 12.4 Å². The van der Waals surface area contributed by atoms with Crippen molar-refractivity contribution in [3.63, 3.8) is 0 Å². The van der Waals surface area contributed by atoms with Gasteiger partial charge in [0.1, 0.15) is 18.2 Å². The molecule has 8 nitrogen and oxygen atoms in total. The maximum Gasteiger partial charge on any atom is 0.408 e. The lowest BCUT2D eigenvalue weighted by Crippen LogP contribution is -2.17. The molecule has 11 heteroatoms.